The number of furan rings is 1. The normalized spacial score (nSPS) is 12.0. The maximum Gasteiger partial charge on any atom is 0.335 e. The molecule has 0 aliphatic heterocycles. The van der Waals surface area contributed by atoms with E-state index in [9.17, 15) is 14.5 Å². The number of hydrogen-bond donors (Lipinski definition) is 3. The minimum absolute atomic E-state index is 0.0811. The summed E-state index contributed by atoms with van der Waals surface area (Å²) in [7, 11) is 0. The first kappa shape index (κ1) is 17.2. The van der Waals surface area contributed by atoms with Gasteiger partial charge in [-0.05, 0) is 29.4 Å². The quantitative estimate of drug-likeness (QED) is 0.429. The molecule has 0 amide bonds. The number of carbonyl (C=O) groups is 1. The second-order valence-electron chi connectivity index (χ2n) is 4.62. The van der Waals surface area contributed by atoms with Crippen molar-refractivity contribution in [3.63, 3.8) is 0 Å². The van der Waals surface area contributed by atoms with E-state index in [1.54, 1.807) is 12.1 Å². The Kier molecular flexibility index (Phi) is 5.19. The van der Waals surface area contributed by atoms with Crippen LogP contribution in [0.2, 0.25) is 5.02 Å². The fourth-order valence-corrected chi connectivity index (χ4v) is 3.16. The Balaban J connectivity index is 2.57. The van der Waals surface area contributed by atoms with Crippen molar-refractivity contribution < 1.29 is 18.9 Å². The van der Waals surface area contributed by atoms with Gasteiger partial charge in [0.1, 0.15) is 17.0 Å². The molecule has 0 aliphatic carbocycles. The minimum Gasteiger partial charge on any atom is -0.612 e. The summed E-state index contributed by atoms with van der Waals surface area (Å²) in [5.74, 6) is -1.04. The summed E-state index contributed by atoms with van der Waals surface area (Å²) in [6.45, 7) is 0.0842. The molecule has 1 heterocycles. The summed E-state index contributed by atoms with van der Waals surface area (Å²) in [5.41, 5.74) is 5.68. The van der Waals surface area contributed by atoms with Crippen molar-refractivity contribution in [1.82, 2.24) is 0 Å². The van der Waals surface area contributed by atoms with Crippen LogP contribution in [0.15, 0.2) is 39.8 Å². The number of aromatic carboxylic acids is 1. The zero-order valence-electron chi connectivity index (χ0n) is 12.1. The van der Waals surface area contributed by atoms with Gasteiger partial charge in [-0.2, -0.15) is 0 Å². The van der Waals surface area contributed by atoms with Crippen molar-refractivity contribution in [3.05, 3.63) is 46.9 Å². The number of nitrogens with zero attached hydrogens (tertiary/aromatic N) is 1. The SMILES string of the molecule is C[S+]([O-])c1cc(C(=O)O)cc(N(Cc2ccco2)C(=N)N)c1Cl. The van der Waals surface area contributed by atoms with Crippen LogP contribution in [0.4, 0.5) is 5.69 Å². The van der Waals surface area contributed by atoms with Gasteiger partial charge in [0, 0.05) is 6.07 Å². The standard InChI is InChI=1S/C14H14ClN3O4S/c1-23(21)11-6-8(13(19)20)5-10(12(11)15)18(14(16)17)7-9-3-2-4-22-9/h2-6H,7H2,1H3,(H3,16,17)(H,19,20). The third-order valence-electron chi connectivity index (χ3n) is 3.05. The lowest BCUT2D eigenvalue weighted by atomic mass is 10.2. The van der Waals surface area contributed by atoms with Crippen LogP contribution >= 0.6 is 11.6 Å². The summed E-state index contributed by atoms with van der Waals surface area (Å²) in [4.78, 5) is 12.7. The second kappa shape index (κ2) is 6.95. The first-order valence-electron chi connectivity index (χ1n) is 6.35. The molecule has 0 saturated carbocycles. The zero-order valence-corrected chi connectivity index (χ0v) is 13.6. The highest BCUT2D eigenvalue weighted by Crippen LogP contribution is 2.34. The molecule has 1 unspecified atom stereocenters. The van der Waals surface area contributed by atoms with Crippen molar-refractivity contribution in [3.8, 4) is 0 Å². The minimum atomic E-state index is -1.50. The smallest absolute Gasteiger partial charge is 0.335 e. The van der Waals surface area contributed by atoms with E-state index in [4.69, 9.17) is 27.2 Å². The third kappa shape index (κ3) is 3.79. The lowest BCUT2D eigenvalue weighted by Crippen LogP contribution is -2.36. The molecule has 0 spiro atoms. The molecule has 0 bridgehead atoms. The van der Waals surface area contributed by atoms with Crippen LogP contribution in [0.1, 0.15) is 16.1 Å². The van der Waals surface area contributed by atoms with Crippen LogP contribution in [0.5, 0.6) is 0 Å². The Bertz CT molecular complexity index is 734. The monoisotopic (exact) mass is 355 g/mol. The molecular weight excluding hydrogens is 342 g/mol. The van der Waals surface area contributed by atoms with E-state index in [2.05, 4.69) is 0 Å². The van der Waals surface area contributed by atoms with Gasteiger partial charge in [-0.1, -0.05) is 11.6 Å². The van der Waals surface area contributed by atoms with E-state index in [0.29, 0.717) is 5.76 Å². The van der Waals surface area contributed by atoms with Crippen LogP contribution in [0.3, 0.4) is 0 Å². The molecule has 4 N–H and O–H groups in total. The number of rotatable bonds is 5. The lowest BCUT2D eigenvalue weighted by molar-refractivity contribution is 0.0696. The number of anilines is 1. The summed E-state index contributed by atoms with van der Waals surface area (Å²) in [6.07, 6.45) is 2.86. The summed E-state index contributed by atoms with van der Waals surface area (Å²) in [5, 5.41) is 17.0. The Morgan fingerprint density at radius 3 is 2.74 bits per heavy atom. The first-order valence-corrected chi connectivity index (χ1v) is 8.29. The van der Waals surface area contributed by atoms with Gasteiger partial charge in [0.05, 0.1) is 24.1 Å². The molecule has 122 valence electrons. The Morgan fingerprint density at radius 1 is 1.57 bits per heavy atom. The topological polar surface area (TPSA) is 127 Å². The number of carboxylic acid groups (broad SMARTS) is 1. The van der Waals surface area contributed by atoms with Gasteiger partial charge in [0.15, 0.2) is 10.9 Å². The molecule has 1 aromatic heterocycles. The predicted octanol–water partition coefficient (Wildman–Crippen LogP) is 2.27. The van der Waals surface area contributed by atoms with Crippen molar-refractivity contribution in [2.24, 2.45) is 5.73 Å². The molecule has 2 aromatic rings. The predicted molar refractivity (Wildman–Crippen MR) is 87.5 cm³/mol. The van der Waals surface area contributed by atoms with Crippen LogP contribution in [-0.2, 0) is 17.7 Å². The average Bonchev–Trinajstić information content (AvgIpc) is 2.97. The van der Waals surface area contributed by atoms with Crippen LogP contribution in [0.25, 0.3) is 0 Å². The highest BCUT2D eigenvalue weighted by Gasteiger charge is 2.24. The fourth-order valence-electron chi connectivity index (χ4n) is 1.97. The molecule has 9 heteroatoms. The summed E-state index contributed by atoms with van der Waals surface area (Å²) < 4.78 is 17.0. The van der Waals surface area contributed by atoms with Gasteiger partial charge in [0.25, 0.3) is 0 Å². The van der Waals surface area contributed by atoms with Gasteiger partial charge < -0.3 is 24.7 Å². The Hall–Kier alpha value is -2.16. The molecule has 0 aliphatic rings. The number of guanidine groups is 1. The lowest BCUT2D eigenvalue weighted by Gasteiger charge is -2.24. The fraction of sp³-hybridized carbons (Fsp3) is 0.143. The van der Waals surface area contributed by atoms with Crippen molar-refractivity contribution in [2.75, 3.05) is 11.2 Å². The van der Waals surface area contributed by atoms with Crippen LogP contribution in [0, 0.1) is 5.41 Å². The van der Waals surface area contributed by atoms with E-state index in [-0.39, 0.29) is 33.7 Å². The zero-order chi connectivity index (χ0) is 17.1. The highest BCUT2D eigenvalue weighted by molar-refractivity contribution is 7.90. The molecule has 0 radical (unpaired) electrons. The summed E-state index contributed by atoms with van der Waals surface area (Å²) >= 11 is 4.75. The molecular formula is C14H14ClN3O4S. The Morgan fingerprint density at radius 2 is 2.26 bits per heavy atom. The van der Waals surface area contributed by atoms with E-state index >= 15 is 0 Å². The highest BCUT2D eigenvalue weighted by atomic mass is 35.5. The average molecular weight is 356 g/mol. The molecule has 1 aromatic carbocycles. The van der Waals surface area contributed by atoms with Gasteiger partial charge in [-0.25, -0.2) is 4.79 Å². The van der Waals surface area contributed by atoms with Gasteiger partial charge in [-0.15, -0.1) is 0 Å². The molecule has 0 fully saturated rings. The van der Waals surface area contributed by atoms with E-state index in [1.807, 2.05) is 0 Å². The van der Waals surface area contributed by atoms with Crippen LogP contribution in [-0.4, -0.2) is 27.8 Å². The van der Waals surface area contributed by atoms with Crippen molar-refractivity contribution in [1.29, 1.82) is 5.41 Å². The van der Waals surface area contributed by atoms with E-state index in [1.165, 1.54) is 29.6 Å². The van der Waals surface area contributed by atoms with Crippen LogP contribution < -0.4 is 10.6 Å². The second-order valence-corrected chi connectivity index (χ2v) is 6.34. The van der Waals surface area contributed by atoms with Crippen molar-refractivity contribution >= 4 is 40.4 Å². The van der Waals surface area contributed by atoms with E-state index in [0.717, 1.165) is 0 Å². The number of carboxylic acids is 1. The maximum absolute atomic E-state index is 11.8. The van der Waals surface area contributed by atoms with Crippen molar-refractivity contribution in [2.45, 2.75) is 11.4 Å². The van der Waals surface area contributed by atoms with Gasteiger partial charge in [-0.3, -0.25) is 5.41 Å². The molecule has 23 heavy (non-hydrogen) atoms. The number of nitrogens with two attached hydrogens (primary N) is 1. The Labute approximate surface area is 140 Å². The van der Waals surface area contributed by atoms with E-state index < -0.39 is 17.1 Å². The third-order valence-corrected chi connectivity index (χ3v) is 4.50. The molecule has 1 atom stereocenters. The number of halogens is 1. The molecule has 2 rings (SSSR count). The number of hydrogen-bond acceptors (Lipinski definition) is 4. The number of nitrogens with one attached hydrogen (secondary N) is 1. The van der Waals surface area contributed by atoms with Gasteiger partial charge in [0.2, 0.25) is 0 Å². The summed E-state index contributed by atoms with van der Waals surface area (Å²) in [6, 6.07) is 5.89. The number of benzene rings is 1. The molecule has 7 nitrogen and oxygen atoms in total. The first-order chi connectivity index (χ1) is 10.8. The largest absolute Gasteiger partial charge is 0.612 e. The maximum atomic E-state index is 11.8. The molecule has 0 saturated heterocycles. The van der Waals surface area contributed by atoms with Gasteiger partial charge >= 0.3 is 5.97 Å².